The van der Waals surface area contributed by atoms with Crippen molar-refractivity contribution in [1.29, 1.82) is 0 Å². The Morgan fingerprint density at radius 1 is 0.636 bits per heavy atom. The molecule has 0 aliphatic carbocycles. The largest absolute Gasteiger partial charge is 0.316 e. The standard InChI is InChI=1S/C16H19N.C15H14O/c1-12-4-5-13(2)16(10-12)15-8-6-14(7-9-15)11-17-3;1-11-3-4-12(2)15(9-11)14-7-5-13(10-16)6-8-14/h4-10,17H,11H2,1-3H3;3-10H,1-2H3. The summed E-state index contributed by atoms with van der Waals surface area (Å²) in [5.74, 6) is 0. The maximum Gasteiger partial charge on any atom is 0.150 e. The minimum absolute atomic E-state index is 0.717. The molecule has 0 aliphatic rings. The first-order chi connectivity index (χ1) is 15.9. The first-order valence-corrected chi connectivity index (χ1v) is 11.4. The van der Waals surface area contributed by atoms with Crippen LogP contribution in [-0.4, -0.2) is 13.3 Å². The molecule has 0 aromatic heterocycles. The van der Waals surface area contributed by atoms with Gasteiger partial charge in [-0.1, -0.05) is 96.1 Å². The van der Waals surface area contributed by atoms with Crippen LogP contribution in [0.4, 0.5) is 0 Å². The number of hydrogen-bond donors (Lipinski definition) is 1. The van der Waals surface area contributed by atoms with Gasteiger partial charge in [-0.2, -0.15) is 0 Å². The van der Waals surface area contributed by atoms with Crippen LogP contribution >= 0.6 is 0 Å². The number of aldehydes is 1. The van der Waals surface area contributed by atoms with E-state index in [1.165, 1.54) is 44.5 Å². The van der Waals surface area contributed by atoms with Crippen molar-refractivity contribution in [3.8, 4) is 22.3 Å². The van der Waals surface area contributed by atoms with Gasteiger partial charge < -0.3 is 5.32 Å². The molecule has 2 nitrogen and oxygen atoms in total. The monoisotopic (exact) mass is 435 g/mol. The molecular formula is C31H33NO. The summed E-state index contributed by atoms with van der Waals surface area (Å²) in [7, 11) is 1.97. The summed E-state index contributed by atoms with van der Waals surface area (Å²) < 4.78 is 0. The summed E-state index contributed by atoms with van der Waals surface area (Å²) in [6, 6.07) is 29.5. The molecule has 0 saturated carbocycles. The Balaban J connectivity index is 0.000000186. The molecule has 0 unspecified atom stereocenters. The summed E-state index contributed by atoms with van der Waals surface area (Å²) in [4.78, 5) is 10.6. The van der Waals surface area contributed by atoms with Crippen molar-refractivity contribution in [3.05, 3.63) is 118 Å². The van der Waals surface area contributed by atoms with E-state index in [0.717, 1.165) is 18.4 Å². The highest BCUT2D eigenvalue weighted by atomic mass is 16.1. The van der Waals surface area contributed by atoms with Gasteiger partial charge in [-0.15, -0.1) is 0 Å². The zero-order valence-corrected chi connectivity index (χ0v) is 20.3. The fraction of sp³-hybridized carbons (Fsp3) is 0.194. The Kier molecular flexibility index (Phi) is 8.34. The van der Waals surface area contributed by atoms with Gasteiger partial charge in [-0.3, -0.25) is 4.79 Å². The Labute approximate surface area is 198 Å². The molecule has 33 heavy (non-hydrogen) atoms. The lowest BCUT2D eigenvalue weighted by atomic mass is 9.98. The van der Waals surface area contributed by atoms with Crippen molar-refractivity contribution < 1.29 is 4.79 Å². The minimum Gasteiger partial charge on any atom is -0.316 e. The summed E-state index contributed by atoms with van der Waals surface area (Å²) in [6.45, 7) is 9.41. The molecule has 4 aromatic rings. The van der Waals surface area contributed by atoms with E-state index in [0.29, 0.717) is 5.56 Å². The van der Waals surface area contributed by atoms with E-state index in [9.17, 15) is 4.79 Å². The normalized spacial score (nSPS) is 10.3. The highest BCUT2D eigenvalue weighted by Gasteiger charge is 2.03. The van der Waals surface area contributed by atoms with Crippen molar-refractivity contribution in [2.75, 3.05) is 7.05 Å². The first kappa shape index (κ1) is 24.2. The number of hydrogen-bond acceptors (Lipinski definition) is 2. The van der Waals surface area contributed by atoms with E-state index in [1.54, 1.807) is 0 Å². The number of rotatable bonds is 5. The minimum atomic E-state index is 0.717. The van der Waals surface area contributed by atoms with E-state index in [1.807, 2.05) is 31.3 Å². The van der Waals surface area contributed by atoms with Crippen molar-refractivity contribution >= 4 is 6.29 Å². The maximum atomic E-state index is 10.6. The van der Waals surface area contributed by atoms with Gasteiger partial charge in [0.1, 0.15) is 6.29 Å². The molecule has 0 aliphatic heterocycles. The summed E-state index contributed by atoms with van der Waals surface area (Å²) in [5, 5.41) is 3.16. The lowest BCUT2D eigenvalue weighted by Gasteiger charge is -2.08. The SMILES string of the molecule is CNCc1ccc(-c2cc(C)ccc2C)cc1.Cc1ccc(C)c(-c2ccc(C=O)cc2)c1. The molecule has 4 rings (SSSR count). The second kappa shape index (κ2) is 11.4. The number of carbonyl (C=O) groups is 1. The van der Waals surface area contributed by atoms with E-state index in [-0.39, 0.29) is 0 Å². The molecule has 0 radical (unpaired) electrons. The highest BCUT2D eigenvalue weighted by molar-refractivity contribution is 5.77. The molecule has 0 spiro atoms. The fourth-order valence-electron chi connectivity index (χ4n) is 3.84. The van der Waals surface area contributed by atoms with Crippen molar-refractivity contribution in [2.24, 2.45) is 0 Å². The van der Waals surface area contributed by atoms with Crippen LogP contribution in [0.5, 0.6) is 0 Å². The molecule has 1 N–H and O–H groups in total. The quantitative estimate of drug-likeness (QED) is 0.329. The van der Waals surface area contributed by atoms with Gasteiger partial charge in [-0.05, 0) is 73.7 Å². The third-order valence-corrected chi connectivity index (χ3v) is 5.79. The predicted molar refractivity (Wildman–Crippen MR) is 141 cm³/mol. The van der Waals surface area contributed by atoms with E-state index in [4.69, 9.17) is 0 Å². The van der Waals surface area contributed by atoms with Crippen molar-refractivity contribution in [3.63, 3.8) is 0 Å². The van der Waals surface area contributed by atoms with E-state index < -0.39 is 0 Å². The van der Waals surface area contributed by atoms with Crippen LogP contribution in [-0.2, 0) is 6.54 Å². The van der Waals surface area contributed by atoms with Crippen LogP contribution in [0.15, 0.2) is 84.9 Å². The van der Waals surface area contributed by atoms with Crippen LogP contribution in [0.1, 0.15) is 38.2 Å². The molecule has 0 atom stereocenters. The Hall–Kier alpha value is -3.49. The number of benzene rings is 4. The van der Waals surface area contributed by atoms with Crippen LogP contribution in [0.3, 0.4) is 0 Å². The molecule has 2 heteroatoms. The summed E-state index contributed by atoms with van der Waals surface area (Å²) in [5.41, 5.74) is 12.2. The van der Waals surface area contributed by atoms with Crippen LogP contribution in [0, 0.1) is 27.7 Å². The fourth-order valence-corrected chi connectivity index (χ4v) is 3.84. The van der Waals surface area contributed by atoms with Gasteiger partial charge in [0.25, 0.3) is 0 Å². The van der Waals surface area contributed by atoms with Crippen LogP contribution < -0.4 is 5.32 Å². The smallest absolute Gasteiger partial charge is 0.150 e. The molecule has 0 heterocycles. The van der Waals surface area contributed by atoms with Crippen molar-refractivity contribution in [2.45, 2.75) is 34.2 Å². The first-order valence-electron chi connectivity index (χ1n) is 11.4. The lowest BCUT2D eigenvalue weighted by molar-refractivity contribution is 0.112. The van der Waals surface area contributed by atoms with Gasteiger partial charge in [0.05, 0.1) is 0 Å². The van der Waals surface area contributed by atoms with E-state index >= 15 is 0 Å². The Morgan fingerprint density at radius 2 is 1.09 bits per heavy atom. The van der Waals surface area contributed by atoms with Crippen LogP contribution in [0.25, 0.3) is 22.3 Å². The molecule has 0 fully saturated rings. The van der Waals surface area contributed by atoms with Gasteiger partial charge in [0.2, 0.25) is 0 Å². The van der Waals surface area contributed by atoms with E-state index in [2.05, 4.69) is 93.7 Å². The van der Waals surface area contributed by atoms with Crippen molar-refractivity contribution in [1.82, 2.24) is 5.32 Å². The average Bonchev–Trinajstić information content (AvgIpc) is 2.83. The number of aryl methyl sites for hydroxylation is 4. The third-order valence-electron chi connectivity index (χ3n) is 5.79. The molecule has 0 amide bonds. The Morgan fingerprint density at radius 3 is 1.52 bits per heavy atom. The topological polar surface area (TPSA) is 29.1 Å². The zero-order chi connectivity index (χ0) is 23.8. The third kappa shape index (κ3) is 6.50. The van der Waals surface area contributed by atoms with Gasteiger partial charge in [0.15, 0.2) is 0 Å². The molecule has 168 valence electrons. The zero-order valence-electron chi connectivity index (χ0n) is 20.3. The maximum absolute atomic E-state index is 10.6. The lowest BCUT2D eigenvalue weighted by Crippen LogP contribution is -2.04. The second-order valence-corrected chi connectivity index (χ2v) is 8.60. The average molecular weight is 436 g/mol. The summed E-state index contributed by atoms with van der Waals surface area (Å²) >= 11 is 0. The molecule has 0 saturated heterocycles. The molecule has 4 aromatic carbocycles. The van der Waals surface area contributed by atoms with Gasteiger partial charge in [0, 0.05) is 12.1 Å². The summed E-state index contributed by atoms with van der Waals surface area (Å²) in [6.07, 6.45) is 0.868. The number of carbonyl (C=O) groups excluding carboxylic acids is 1. The Bertz CT molecular complexity index is 1200. The predicted octanol–water partition coefficient (Wildman–Crippen LogP) is 7.47. The molecular weight excluding hydrogens is 402 g/mol. The van der Waals surface area contributed by atoms with Gasteiger partial charge in [-0.25, -0.2) is 0 Å². The van der Waals surface area contributed by atoms with Gasteiger partial charge >= 0.3 is 0 Å². The number of nitrogens with one attached hydrogen (secondary N) is 1. The molecule has 0 bridgehead atoms. The van der Waals surface area contributed by atoms with Crippen LogP contribution in [0.2, 0.25) is 0 Å². The highest BCUT2D eigenvalue weighted by Crippen LogP contribution is 2.25. The second-order valence-electron chi connectivity index (χ2n) is 8.60.